The van der Waals surface area contributed by atoms with Crippen LogP contribution in [0.25, 0.3) is 0 Å². The van der Waals surface area contributed by atoms with E-state index in [0.717, 1.165) is 38.1 Å². The normalized spacial score (nSPS) is 15.7. The molecule has 1 aliphatic heterocycles. The largest absolute Gasteiger partial charge is 0.492 e. The summed E-state index contributed by atoms with van der Waals surface area (Å²) >= 11 is 6.21. The lowest BCUT2D eigenvalue weighted by Crippen LogP contribution is -2.36. The minimum atomic E-state index is -3.36. The van der Waals surface area contributed by atoms with Crippen molar-refractivity contribution < 1.29 is 17.9 Å². The summed E-state index contributed by atoms with van der Waals surface area (Å²) in [4.78, 5) is 17.1. The molecule has 8 heteroatoms. The summed E-state index contributed by atoms with van der Waals surface area (Å²) in [5.41, 5.74) is 0.333. The quantitative estimate of drug-likeness (QED) is 0.696. The average Bonchev–Trinajstić information content (AvgIpc) is 2.93. The van der Waals surface area contributed by atoms with Gasteiger partial charge in [-0.15, -0.1) is 0 Å². The molecule has 1 aliphatic rings. The molecule has 2 aromatic carbocycles. The number of rotatable bonds is 6. The number of ether oxygens (including phenoxy) is 1. The van der Waals surface area contributed by atoms with Crippen LogP contribution in [-0.2, 0) is 9.84 Å². The van der Waals surface area contributed by atoms with Crippen LogP contribution in [0.5, 0.6) is 5.75 Å². The molecule has 1 amide bonds. The van der Waals surface area contributed by atoms with Gasteiger partial charge in [0.05, 0.1) is 15.5 Å². The minimum absolute atomic E-state index is 0.111. The molecule has 29 heavy (non-hydrogen) atoms. The number of nitrogens with zero attached hydrogens (tertiary/aromatic N) is 2. The molecule has 2 aromatic rings. The smallest absolute Gasteiger partial charge is 0.255 e. The molecule has 0 unspecified atom stereocenters. The zero-order valence-electron chi connectivity index (χ0n) is 16.4. The monoisotopic (exact) mass is 436 g/mol. The van der Waals surface area contributed by atoms with Crippen molar-refractivity contribution in [2.75, 3.05) is 45.6 Å². The summed E-state index contributed by atoms with van der Waals surface area (Å²) in [5.74, 6) is 0.684. The van der Waals surface area contributed by atoms with Gasteiger partial charge in [-0.3, -0.25) is 9.69 Å². The lowest BCUT2D eigenvalue weighted by atomic mass is 10.2. The van der Waals surface area contributed by atoms with E-state index in [1.54, 1.807) is 4.90 Å². The Balaban J connectivity index is 1.55. The van der Waals surface area contributed by atoms with Crippen molar-refractivity contribution in [2.24, 2.45) is 0 Å². The van der Waals surface area contributed by atoms with Crippen molar-refractivity contribution in [3.63, 3.8) is 0 Å². The number of para-hydroxylation sites is 1. The molecule has 1 fully saturated rings. The van der Waals surface area contributed by atoms with E-state index in [2.05, 4.69) is 4.90 Å². The van der Waals surface area contributed by atoms with E-state index in [1.807, 2.05) is 30.3 Å². The minimum Gasteiger partial charge on any atom is -0.492 e. The summed E-state index contributed by atoms with van der Waals surface area (Å²) in [6.45, 7) is 4.26. The number of sulfone groups is 1. The first kappa shape index (κ1) is 21.6. The molecule has 156 valence electrons. The lowest BCUT2D eigenvalue weighted by molar-refractivity contribution is 0.0761. The van der Waals surface area contributed by atoms with Crippen LogP contribution < -0.4 is 4.74 Å². The van der Waals surface area contributed by atoms with Crippen LogP contribution in [0.2, 0.25) is 5.02 Å². The average molecular weight is 437 g/mol. The highest BCUT2D eigenvalue weighted by molar-refractivity contribution is 7.90. The van der Waals surface area contributed by atoms with Gasteiger partial charge in [0.1, 0.15) is 12.4 Å². The van der Waals surface area contributed by atoms with Crippen molar-refractivity contribution in [3.8, 4) is 5.75 Å². The number of carbonyl (C=O) groups excluding carboxylic acids is 1. The summed E-state index contributed by atoms with van der Waals surface area (Å²) in [6, 6.07) is 14.0. The Morgan fingerprint density at radius 3 is 2.52 bits per heavy atom. The Labute approximate surface area is 176 Å². The standard InChI is InChI=1S/C21H25ClN2O4S/c1-29(26,27)18-8-9-19(20(22)16-18)21(25)24-11-5-10-23(12-13-24)14-15-28-17-6-3-2-4-7-17/h2-4,6-9,16H,5,10-15H2,1H3. The summed E-state index contributed by atoms with van der Waals surface area (Å²) < 4.78 is 29.1. The van der Waals surface area contributed by atoms with Crippen LogP contribution in [0.4, 0.5) is 0 Å². The maximum atomic E-state index is 12.9. The second-order valence-corrected chi connectivity index (χ2v) is 9.49. The van der Waals surface area contributed by atoms with Crippen LogP contribution in [0.3, 0.4) is 0 Å². The van der Waals surface area contributed by atoms with Crippen LogP contribution in [0, 0.1) is 0 Å². The van der Waals surface area contributed by atoms with E-state index < -0.39 is 9.84 Å². The highest BCUT2D eigenvalue weighted by Crippen LogP contribution is 2.23. The van der Waals surface area contributed by atoms with Crippen molar-refractivity contribution in [1.82, 2.24) is 9.80 Å². The van der Waals surface area contributed by atoms with Crippen LogP contribution in [0.15, 0.2) is 53.4 Å². The Morgan fingerprint density at radius 2 is 1.83 bits per heavy atom. The molecule has 1 saturated heterocycles. The fraction of sp³-hybridized carbons (Fsp3) is 0.381. The van der Waals surface area contributed by atoms with Gasteiger partial charge in [-0.25, -0.2) is 8.42 Å². The number of benzene rings is 2. The summed E-state index contributed by atoms with van der Waals surface area (Å²) in [7, 11) is -3.36. The molecule has 0 spiro atoms. The molecule has 0 atom stereocenters. The molecular formula is C21H25ClN2O4S. The molecule has 0 radical (unpaired) electrons. The first-order chi connectivity index (χ1) is 13.8. The van der Waals surface area contributed by atoms with E-state index in [0.29, 0.717) is 25.3 Å². The molecule has 0 aliphatic carbocycles. The molecule has 0 bridgehead atoms. The predicted octanol–water partition coefficient (Wildman–Crippen LogP) is 2.97. The Kier molecular flexibility index (Phi) is 7.16. The van der Waals surface area contributed by atoms with E-state index >= 15 is 0 Å². The van der Waals surface area contributed by atoms with Gasteiger partial charge in [0, 0.05) is 39.0 Å². The third-order valence-corrected chi connectivity index (χ3v) is 6.32. The van der Waals surface area contributed by atoms with Crippen molar-refractivity contribution in [3.05, 3.63) is 59.1 Å². The fourth-order valence-electron chi connectivity index (χ4n) is 3.28. The van der Waals surface area contributed by atoms with Gasteiger partial charge in [0.25, 0.3) is 5.91 Å². The van der Waals surface area contributed by atoms with Crippen LogP contribution >= 0.6 is 11.6 Å². The topological polar surface area (TPSA) is 66.9 Å². The van der Waals surface area contributed by atoms with E-state index in [-0.39, 0.29) is 15.8 Å². The number of hydrogen-bond donors (Lipinski definition) is 0. The third-order valence-electron chi connectivity index (χ3n) is 4.89. The molecule has 1 heterocycles. The van der Waals surface area contributed by atoms with Gasteiger partial charge in [0.15, 0.2) is 9.84 Å². The first-order valence-electron chi connectivity index (χ1n) is 9.54. The number of halogens is 1. The second kappa shape index (κ2) is 9.61. The Hall–Kier alpha value is -2.09. The SMILES string of the molecule is CS(=O)(=O)c1ccc(C(=O)N2CCCN(CCOc3ccccc3)CC2)c(Cl)c1. The highest BCUT2D eigenvalue weighted by atomic mass is 35.5. The predicted molar refractivity (Wildman–Crippen MR) is 113 cm³/mol. The fourth-order valence-corrected chi connectivity index (χ4v) is 4.25. The van der Waals surface area contributed by atoms with Crippen molar-refractivity contribution in [2.45, 2.75) is 11.3 Å². The Morgan fingerprint density at radius 1 is 1.07 bits per heavy atom. The van der Waals surface area contributed by atoms with Gasteiger partial charge in [0.2, 0.25) is 0 Å². The maximum absolute atomic E-state index is 12.9. The molecule has 0 aromatic heterocycles. The number of hydrogen-bond acceptors (Lipinski definition) is 5. The second-order valence-electron chi connectivity index (χ2n) is 7.06. The van der Waals surface area contributed by atoms with Gasteiger partial charge in [-0.05, 0) is 36.8 Å². The molecule has 0 saturated carbocycles. The van der Waals surface area contributed by atoms with E-state index in [1.165, 1.54) is 18.2 Å². The number of carbonyl (C=O) groups is 1. The van der Waals surface area contributed by atoms with Crippen molar-refractivity contribution >= 4 is 27.3 Å². The number of amides is 1. The zero-order chi connectivity index (χ0) is 20.9. The zero-order valence-corrected chi connectivity index (χ0v) is 18.0. The molecular weight excluding hydrogens is 412 g/mol. The highest BCUT2D eigenvalue weighted by Gasteiger charge is 2.23. The lowest BCUT2D eigenvalue weighted by Gasteiger charge is -2.22. The third kappa shape index (κ3) is 5.95. The van der Waals surface area contributed by atoms with E-state index in [9.17, 15) is 13.2 Å². The van der Waals surface area contributed by atoms with E-state index in [4.69, 9.17) is 16.3 Å². The van der Waals surface area contributed by atoms with Crippen LogP contribution in [0.1, 0.15) is 16.8 Å². The molecule has 3 rings (SSSR count). The van der Waals surface area contributed by atoms with Gasteiger partial charge in [-0.2, -0.15) is 0 Å². The van der Waals surface area contributed by atoms with Gasteiger partial charge in [-0.1, -0.05) is 29.8 Å². The summed E-state index contributed by atoms with van der Waals surface area (Å²) in [6.07, 6.45) is 1.97. The summed E-state index contributed by atoms with van der Waals surface area (Å²) in [5, 5.41) is 0.162. The molecule has 6 nitrogen and oxygen atoms in total. The van der Waals surface area contributed by atoms with Gasteiger partial charge >= 0.3 is 0 Å². The Bertz CT molecular complexity index is 950. The molecule has 0 N–H and O–H groups in total. The first-order valence-corrected chi connectivity index (χ1v) is 11.8. The van der Waals surface area contributed by atoms with Gasteiger partial charge < -0.3 is 9.64 Å². The maximum Gasteiger partial charge on any atom is 0.255 e. The van der Waals surface area contributed by atoms with Crippen molar-refractivity contribution in [1.29, 1.82) is 0 Å². The van der Waals surface area contributed by atoms with Crippen LogP contribution in [-0.4, -0.2) is 69.7 Å².